The number of ether oxygens (including phenoxy) is 1. The summed E-state index contributed by atoms with van der Waals surface area (Å²) in [5, 5.41) is 5.06. The van der Waals surface area contributed by atoms with E-state index in [4.69, 9.17) is 4.74 Å². The zero-order chi connectivity index (χ0) is 16.1. The fourth-order valence-corrected chi connectivity index (χ4v) is 3.37. The molecular formula is C16H20N4O2S. The standard InChI is InChI=1S/C16H20N4O2S/c1-17-16-15(18-6-7-19-16)13-11-20(8-9-22-13)14(21)5-4-12-3-2-10-23-12/h2-3,6-7,10,13H,4-5,8-9,11H2,1H3,(H,17,19). The van der Waals surface area contributed by atoms with Gasteiger partial charge in [-0.1, -0.05) is 6.07 Å². The van der Waals surface area contributed by atoms with Crippen molar-refractivity contribution in [3.8, 4) is 0 Å². The number of nitrogens with one attached hydrogen (secondary N) is 1. The molecule has 6 nitrogen and oxygen atoms in total. The monoisotopic (exact) mass is 332 g/mol. The van der Waals surface area contributed by atoms with Crippen molar-refractivity contribution in [2.24, 2.45) is 0 Å². The molecule has 0 saturated carbocycles. The van der Waals surface area contributed by atoms with Crippen molar-refractivity contribution in [3.05, 3.63) is 40.5 Å². The van der Waals surface area contributed by atoms with E-state index in [0.29, 0.717) is 31.9 Å². The molecule has 2 aromatic rings. The van der Waals surface area contributed by atoms with Crippen LogP contribution in [0.2, 0.25) is 0 Å². The molecule has 1 amide bonds. The SMILES string of the molecule is CNc1nccnc1C1CN(C(=O)CCc2cccs2)CCO1. The van der Waals surface area contributed by atoms with Crippen LogP contribution in [0.25, 0.3) is 0 Å². The van der Waals surface area contributed by atoms with Crippen molar-refractivity contribution in [3.63, 3.8) is 0 Å². The van der Waals surface area contributed by atoms with Gasteiger partial charge >= 0.3 is 0 Å². The fraction of sp³-hybridized carbons (Fsp3) is 0.438. The Morgan fingerprint density at radius 2 is 2.35 bits per heavy atom. The first-order chi connectivity index (χ1) is 11.3. The van der Waals surface area contributed by atoms with Crippen LogP contribution in [0.5, 0.6) is 0 Å². The summed E-state index contributed by atoms with van der Waals surface area (Å²) in [4.78, 5) is 24.2. The average Bonchev–Trinajstić information content (AvgIpc) is 3.13. The van der Waals surface area contributed by atoms with Crippen molar-refractivity contribution >= 4 is 23.1 Å². The van der Waals surface area contributed by atoms with E-state index in [2.05, 4.69) is 21.4 Å². The van der Waals surface area contributed by atoms with Crippen molar-refractivity contribution < 1.29 is 9.53 Å². The normalized spacial score (nSPS) is 18.0. The predicted octanol–water partition coefficient (Wildman–Crippen LogP) is 2.11. The molecule has 3 heterocycles. The molecule has 7 heteroatoms. The van der Waals surface area contributed by atoms with Gasteiger partial charge in [-0.05, 0) is 17.9 Å². The molecule has 1 atom stereocenters. The molecular weight excluding hydrogens is 312 g/mol. The zero-order valence-electron chi connectivity index (χ0n) is 13.1. The number of thiophene rings is 1. The van der Waals surface area contributed by atoms with E-state index in [1.54, 1.807) is 30.8 Å². The number of rotatable bonds is 5. The number of carbonyl (C=O) groups excluding carboxylic acids is 1. The zero-order valence-corrected chi connectivity index (χ0v) is 13.9. The Bertz CT molecular complexity index is 647. The lowest BCUT2D eigenvalue weighted by Gasteiger charge is -2.33. The van der Waals surface area contributed by atoms with Crippen molar-refractivity contribution in [2.75, 3.05) is 32.1 Å². The van der Waals surface area contributed by atoms with Gasteiger partial charge in [-0.25, -0.2) is 4.98 Å². The van der Waals surface area contributed by atoms with Gasteiger partial charge in [-0.15, -0.1) is 11.3 Å². The molecule has 2 aromatic heterocycles. The van der Waals surface area contributed by atoms with Gasteiger partial charge in [-0.3, -0.25) is 9.78 Å². The molecule has 122 valence electrons. The molecule has 0 radical (unpaired) electrons. The highest BCUT2D eigenvalue weighted by Crippen LogP contribution is 2.25. The molecule has 1 aliphatic heterocycles. The molecule has 0 bridgehead atoms. The smallest absolute Gasteiger partial charge is 0.223 e. The average molecular weight is 332 g/mol. The molecule has 3 rings (SSSR count). The summed E-state index contributed by atoms with van der Waals surface area (Å²) >= 11 is 1.69. The highest BCUT2D eigenvalue weighted by Gasteiger charge is 2.28. The summed E-state index contributed by atoms with van der Waals surface area (Å²) in [5.74, 6) is 0.868. The van der Waals surface area contributed by atoms with Crippen LogP contribution >= 0.6 is 11.3 Å². The fourth-order valence-electron chi connectivity index (χ4n) is 2.66. The summed E-state index contributed by atoms with van der Waals surface area (Å²) in [6, 6.07) is 4.08. The van der Waals surface area contributed by atoms with Crippen LogP contribution in [-0.4, -0.2) is 47.5 Å². The van der Waals surface area contributed by atoms with E-state index < -0.39 is 0 Å². The summed E-state index contributed by atoms with van der Waals surface area (Å²) < 4.78 is 5.80. The van der Waals surface area contributed by atoms with Gasteiger partial charge in [0.2, 0.25) is 5.91 Å². The van der Waals surface area contributed by atoms with Gasteiger partial charge in [0.25, 0.3) is 0 Å². The number of hydrogen-bond acceptors (Lipinski definition) is 6. The maximum Gasteiger partial charge on any atom is 0.223 e. The summed E-state index contributed by atoms with van der Waals surface area (Å²) in [7, 11) is 1.81. The Morgan fingerprint density at radius 3 is 3.13 bits per heavy atom. The Kier molecular flexibility index (Phi) is 5.19. The predicted molar refractivity (Wildman–Crippen MR) is 89.5 cm³/mol. The van der Waals surface area contributed by atoms with Gasteiger partial charge in [0, 0.05) is 37.3 Å². The second kappa shape index (κ2) is 7.52. The lowest BCUT2D eigenvalue weighted by molar-refractivity contribution is -0.139. The first-order valence-corrected chi connectivity index (χ1v) is 8.56. The molecule has 0 aliphatic carbocycles. The van der Waals surface area contributed by atoms with Gasteiger partial charge in [0.15, 0.2) is 0 Å². The maximum atomic E-state index is 12.4. The first-order valence-electron chi connectivity index (χ1n) is 7.68. The quantitative estimate of drug-likeness (QED) is 0.908. The van der Waals surface area contributed by atoms with Crippen molar-refractivity contribution in [2.45, 2.75) is 18.9 Å². The van der Waals surface area contributed by atoms with Crippen molar-refractivity contribution in [1.29, 1.82) is 0 Å². The van der Waals surface area contributed by atoms with Crippen molar-refractivity contribution in [1.82, 2.24) is 14.9 Å². The number of hydrogen-bond donors (Lipinski definition) is 1. The lowest BCUT2D eigenvalue weighted by atomic mass is 10.1. The van der Waals surface area contributed by atoms with Gasteiger partial charge < -0.3 is 15.0 Å². The van der Waals surface area contributed by atoms with Gasteiger partial charge in [-0.2, -0.15) is 0 Å². The number of morpholine rings is 1. The summed E-state index contributed by atoms with van der Waals surface area (Å²) in [5.41, 5.74) is 0.755. The van der Waals surface area contributed by atoms with Crippen LogP contribution < -0.4 is 5.32 Å². The highest BCUT2D eigenvalue weighted by atomic mass is 32.1. The minimum atomic E-state index is -0.231. The maximum absolute atomic E-state index is 12.4. The molecule has 1 unspecified atom stereocenters. The Balaban J connectivity index is 1.62. The van der Waals surface area contributed by atoms with Crippen LogP contribution in [0.4, 0.5) is 5.82 Å². The minimum absolute atomic E-state index is 0.168. The molecule has 0 spiro atoms. The molecule has 1 fully saturated rings. The molecule has 23 heavy (non-hydrogen) atoms. The third-order valence-corrected chi connectivity index (χ3v) is 4.79. The second-order valence-electron chi connectivity index (χ2n) is 5.32. The van der Waals surface area contributed by atoms with Crippen LogP contribution in [0.3, 0.4) is 0 Å². The molecule has 1 aliphatic rings. The van der Waals surface area contributed by atoms with E-state index in [9.17, 15) is 4.79 Å². The molecule has 1 saturated heterocycles. The van der Waals surface area contributed by atoms with E-state index in [1.807, 2.05) is 16.3 Å². The van der Waals surface area contributed by atoms with E-state index in [1.165, 1.54) is 4.88 Å². The van der Waals surface area contributed by atoms with Gasteiger partial charge in [0.05, 0.1) is 13.2 Å². The number of carbonyl (C=O) groups is 1. The van der Waals surface area contributed by atoms with E-state index >= 15 is 0 Å². The Morgan fingerprint density at radius 1 is 1.48 bits per heavy atom. The number of nitrogens with zero attached hydrogens (tertiary/aromatic N) is 3. The Labute approximate surface area is 139 Å². The molecule has 0 aromatic carbocycles. The first kappa shape index (κ1) is 15.9. The van der Waals surface area contributed by atoms with E-state index in [-0.39, 0.29) is 12.0 Å². The number of anilines is 1. The van der Waals surface area contributed by atoms with Crippen LogP contribution in [-0.2, 0) is 16.0 Å². The highest BCUT2D eigenvalue weighted by molar-refractivity contribution is 7.09. The van der Waals surface area contributed by atoms with Gasteiger partial charge in [0.1, 0.15) is 17.6 Å². The largest absolute Gasteiger partial charge is 0.372 e. The van der Waals surface area contributed by atoms with Crippen LogP contribution in [0.15, 0.2) is 29.9 Å². The third-order valence-electron chi connectivity index (χ3n) is 3.85. The lowest BCUT2D eigenvalue weighted by Crippen LogP contribution is -2.42. The number of aromatic nitrogens is 2. The topological polar surface area (TPSA) is 67.4 Å². The third kappa shape index (κ3) is 3.86. The second-order valence-corrected chi connectivity index (χ2v) is 6.35. The minimum Gasteiger partial charge on any atom is -0.372 e. The number of aryl methyl sites for hydroxylation is 1. The summed E-state index contributed by atoms with van der Waals surface area (Å²) in [6.45, 7) is 1.68. The molecule has 1 N–H and O–H groups in total. The summed E-state index contributed by atoms with van der Waals surface area (Å²) in [6.07, 6.45) is 4.39. The Hall–Kier alpha value is -1.99. The number of amides is 1. The van der Waals surface area contributed by atoms with Crippen LogP contribution in [0, 0.1) is 0 Å². The van der Waals surface area contributed by atoms with E-state index in [0.717, 1.165) is 12.1 Å². The van der Waals surface area contributed by atoms with Crippen LogP contribution in [0.1, 0.15) is 23.1 Å².